The first-order chi connectivity index (χ1) is 12.8. The topological polar surface area (TPSA) is 85.4 Å². The summed E-state index contributed by atoms with van der Waals surface area (Å²) in [5, 5.41) is 2.93. The molecule has 3 aromatic rings. The highest BCUT2D eigenvalue weighted by Gasteiger charge is 2.17. The highest BCUT2D eigenvalue weighted by molar-refractivity contribution is 8.00. The molecule has 1 N–H and O–H groups in total. The van der Waals surface area contributed by atoms with Crippen molar-refractivity contribution in [2.75, 3.05) is 18.7 Å². The summed E-state index contributed by atoms with van der Waals surface area (Å²) in [5.74, 6) is 0.595. The Labute approximate surface area is 165 Å². The minimum Gasteiger partial charge on any atom is -0.497 e. The fourth-order valence-corrected chi connectivity index (χ4v) is 4.81. The summed E-state index contributed by atoms with van der Waals surface area (Å²) in [6, 6.07) is 12.2. The monoisotopic (exact) mass is 422 g/mol. The van der Waals surface area contributed by atoms with Gasteiger partial charge in [-0.1, -0.05) is 11.3 Å². The summed E-state index contributed by atoms with van der Waals surface area (Å²) in [5.41, 5.74) is 0.651. The van der Waals surface area contributed by atoms with Gasteiger partial charge in [-0.2, -0.15) is 0 Å². The van der Waals surface area contributed by atoms with Gasteiger partial charge in [0, 0.05) is 11.2 Å². The van der Waals surface area contributed by atoms with Crippen molar-refractivity contribution in [1.29, 1.82) is 0 Å². The lowest BCUT2D eigenvalue weighted by atomic mass is 10.3. The second kappa shape index (κ2) is 7.87. The lowest BCUT2D eigenvalue weighted by Crippen LogP contribution is -2.22. The van der Waals surface area contributed by atoms with Crippen molar-refractivity contribution < 1.29 is 17.9 Å². The van der Waals surface area contributed by atoms with Gasteiger partial charge in [0.15, 0.2) is 15.0 Å². The van der Waals surface area contributed by atoms with E-state index in [0.29, 0.717) is 15.3 Å². The number of methoxy groups -OCH3 is 1. The molecule has 0 aliphatic carbocycles. The maximum absolute atomic E-state index is 12.5. The molecule has 0 aliphatic heterocycles. The van der Waals surface area contributed by atoms with Crippen LogP contribution in [0.25, 0.3) is 10.2 Å². The first-order valence-electron chi connectivity index (χ1n) is 7.98. The summed E-state index contributed by atoms with van der Waals surface area (Å²) in [6.07, 6.45) is 1.16. The number of nitrogens with zero attached hydrogens (tertiary/aromatic N) is 1. The molecule has 142 valence electrons. The number of aromatic nitrogens is 1. The summed E-state index contributed by atoms with van der Waals surface area (Å²) < 4.78 is 29.2. The van der Waals surface area contributed by atoms with Crippen LogP contribution >= 0.6 is 23.1 Å². The Balaban J connectivity index is 1.70. The van der Waals surface area contributed by atoms with Crippen LogP contribution in [0.2, 0.25) is 0 Å². The summed E-state index contributed by atoms with van der Waals surface area (Å²) in [6.45, 7) is 1.82. The van der Waals surface area contributed by atoms with Crippen molar-refractivity contribution in [2.45, 2.75) is 22.0 Å². The molecule has 1 amide bonds. The Kier molecular flexibility index (Phi) is 5.73. The molecule has 0 spiro atoms. The lowest BCUT2D eigenvalue weighted by molar-refractivity contribution is -0.115. The highest BCUT2D eigenvalue weighted by Crippen LogP contribution is 2.30. The standard InChI is InChI=1S/C18H18N2O4S3/c1-11(25-13-6-4-12(24-2)5-7-13)17(21)20-18-19-15-9-8-14(27(3,22)23)10-16(15)26-18/h4-11H,1-3H3,(H,19,20,21). The minimum absolute atomic E-state index is 0.168. The maximum atomic E-state index is 12.5. The number of sulfone groups is 1. The second-order valence-electron chi connectivity index (χ2n) is 5.85. The number of rotatable bonds is 6. The van der Waals surface area contributed by atoms with E-state index < -0.39 is 9.84 Å². The number of carbonyl (C=O) groups is 1. The Morgan fingerprint density at radius 1 is 1.22 bits per heavy atom. The zero-order valence-electron chi connectivity index (χ0n) is 14.9. The molecule has 1 atom stereocenters. The highest BCUT2D eigenvalue weighted by atomic mass is 32.2. The molecule has 3 rings (SSSR count). The van der Waals surface area contributed by atoms with E-state index in [1.54, 1.807) is 19.2 Å². The van der Waals surface area contributed by atoms with E-state index in [4.69, 9.17) is 4.74 Å². The van der Waals surface area contributed by atoms with Gasteiger partial charge in [-0.05, 0) is 49.4 Å². The summed E-state index contributed by atoms with van der Waals surface area (Å²) in [4.78, 5) is 18.0. The molecule has 0 fully saturated rings. The van der Waals surface area contributed by atoms with Crippen LogP contribution in [0.4, 0.5) is 5.13 Å². The van der Waals surface area contributed by atoms with Crippen molar-refractivity contribution in [1.82, 2.24) is 4.98 Å². The first-order valence-corrected chi connectivity index (χ1v) is 11.6. The van der Waals surface area contributed by atoms with Gasteiger partial charge in [-0.15, -0.1) is 11.8 Å². The minimum atomic E-state index is -3.28. The molecule has 1 heterocycles. The van der Waals surface area contributed by atoms with Crippen LogP contribution in [-0.4, -0.2) is 37.9 Å². The van der Waals surface area contributed by atoms with Crippen molar-refractivity contribution >= 4 is 54.2 Å². The lowest BCUT2D eigenvalue weighted by Gasteiger charge is -2.10. The van der Waals surface area contributed by atoms with Gasteiger partial charge >= 0.3 is 0 Å². The van der Waals surface area contributed by atoms with E-state index in [0.717, 1.165) is 16.9 Å². The molecule has 0 saturated carbocycles. The third-order valence-electron chi connectivity index (χ3n) is 3.76. The van der Waals surface area contributed by atoms with E-state index in [9.17, 15) is 13.2 Å². The fraction of sp³-hybridized carbons (Fsp3) is 0.222. The zero-order valence-corrected chi connectivity index (χ0v) is 17.4. The number of fused-ring (bicyclic) bond motifs is 1. The zero-order chi connectivity index (χ0) is 19.6. The van der Waals surface area contributed by atoms with Crippen LogP contribution in [0.3, 0.4) is 0 Å². The number of thiazole rings is 1. The van der Waals surface area contributed by atoms with Crippen molar-refractivity contribution in [2.24, 2.45) is 0 Å². The molecule has 0 radical (unpaired) electrons. The van der Waals surface area contributed by atoms with Gasteiger partial charge in [-0.3, -0.25) is 4.79 Å². The van der Waals surface area contributed by atoms with Gasteiger partial charge in [0.2, 0.25) is 5.91 Å². The fourth-order valence-electron chi connectivity index (χ4n) is 2.31. The summed E-state index contributed by atoms with van der Waals surface area (Å²) in [7, 11) is -1.68. The third kappa shape index (κ3) is 4.79. The van der Waals surface area contributed by atoms with Crippen molar-refractivity contribution in [3.05, 3.63) is 42.5 Å². The molecular weight excluding hydrogens is 404 g/mol. The largest absolute Gasteiger partial charge is 0.497 e. The Morgan fingerprint density at radius 3 is 2.56 bits per heavy atom. The normalized spacial score (nSPS) is 12.7. The van der Waals surface area contributed by atoms with Gasteiger partial charge < -0.3 is 10.1 Å². The van der Waals surface area contributed by atoms with E-state index in [1.165, 1.54) is 29.2 Å². The van der Waals surface area contributed by atoms with Crippen LogP contribution in [0.15, 0.2) is 52.3 Å². The molecule has 0 saturated heterocycles. The van der Waals surface area contributed by atoms with E-state index >= 15 is 0 Å². The molecular formula is C18H18N2O4S3. The molecule has 1 unspecified atom stereocenters. The van der Waals surface area contributed by atoms with Crippen LogP contribution < -0.4 is 10.1 Å². The molecule has 27 heavy (non-hydrogen) atoms. The smallest absolute Gasteiger partial charge is 0.239 e. The SMILES string of the molecule is COc1ccc(SC(C)C(=O)Nc2nc3ccc(S(C)(=O)=O)cc3s2)cc1. The van der Waals surface area contributed by atoms with Crippen LogP contribution in [0.5, 0.6) is 5.75 Å². The van der Waals surface area contributed by atoms with E-state index in [1.807, 2.05) is 31.2 Å². The van der Waals surface area contributed by atoms with Crippen LogP contribution in [-0.2, 0) is 14.6 Å². The van der Waals surface area contributed by atoms with Crippen LogP contribution in [0.1, 0.15) is 6.92 Å². The van der Waals surface area contributed by atoms with Crippen LogP contribution in [0, 0.1) is 0 Å². The van der Waals surface area contributed by atoms with Crippen molar-refractivity contribution in [3.8, 4) is 5.75 Å². The maximum Gasteiger partial charge on any atom is 0.239 e. The summed E-state index contributed by atoms with van der Waals surface area (Å²) >= 11 is 2.68. The van der Waals surface area contributed by atoms with Gasteiger partial charge in [-0.25, -0.2) is 13.4 Å². The van der Waals surface area contributed by atoms with E-state index in [2.05, 4.69) is 10.3 Å². The predicted octanol–water partition coefficient (Wildman–Crippen LogP) is 3.83. The number of carbonyl (C=O) groups excluding carboxylic acids is 1. The number of anilines is 1. The molecule has 0 bridgehead atoms. The molecule has 2 aromatic carbocycles. The average molecular weight is 423 g/mol. The average Bonchev–Trinajstić information content (AvgIpc) is 3.02. The first kappa shape index (κ1) is 19.7. The number of ether oxygens (including phenoxy) is 1. The molecule has 0 aliphatic rings. The molecule has 6 nitrogen and oxygen atoms in total. The Hall–Kier alpha value is -2.10. The quantitative estimate of drug-likeness (QED) is 0.608. The van der Waals surface area contributed by atoms with Gasteiger partial charge in [0.1, 0.15) is 5.75 Å². The molecule has 9 heteroatoms. The number of hydrogen-bond donors (Lipinski definition) is 1. The molecule has 1 aromatic heterocycles. The predicted molar refractivity (Wildman–Crippen MR) is 110 cm³/mol. The van der Waals surface area contributed by atoms with E-state index in [-0.39, 0.29) is 16.1 Å². The number of amides is 1. The van der Waals surface area contributed by atoms with Crippen molar-refractivity contribution in [3.63, 3.8) is 0 Å². The Bertz CT molecular complexity index is 1080. The third-order valence-corrected chi connectivity index (χ3v) is 6.92. The van der Waals surface area contributed by atoms with Gasteiger partial charge in [0.05, 0.1) is 27.5 Å². The number of hydrogen-bond acceptors (Lipinski definition) is 7. The second-order valence-corrected chi connectivity index (χ2v) is 10.3. The van der Waals surface area contributed by atoms with Gasteiger partial charge in [0.25, 0.3) is 0 Å². The number of thioether (sulfide) groups is 1. The number of benzene rings is 2. The number of nitrogens with one attached hydrogen (secondary N) is 1. The Morgan fingerprint density at radius 2 is 1.93 bits per heavy atom.